The van der Waals surface area contributed by atoms with Crippen LogP contribution in [0.5, 0.6) is 69.0 Å². The van der Waals surface area contributed by atoms with Gasteiger partial charge in [-0.2, -0.15) is 0 Å². The maximum Gasteiger partial charge on any atom is 0.330 e. The summed E-state index contributed by atoms with van der Waals surface area (Å²) >= 11 is 14.0. The molecule has 1 saturated heterocycles. The van der Waals surface area contributed by atoms with E-state index in [1.54, 1.807) is 0 Å². The number of phenols is 6. The number of carboxylic acids is 1. The molecule has 32 nitrogen and oxygen atoms in total. The third-order valence-corrected chi connectivity index (χ3v) is 17.7. The lowest BCUT2D eigenvalue weighted by molar-refractivity contribution is -0.284. The average molecular weight is 1420 g/mol. The second-order valence-electron chi connectivity index (χ2n) is 23.7. The summed E-state index contributed by atoms with van der Waals surface area (Å²) in [6.45, 7) is 0.00513. The number of rotatable bonds is 5. The zero-order chi connectivity index (χ0) is 71.6. The maximum atomic E-state index is 16.1. The van der Waals surface area contributed by atoms with Gasteiger partial charge in [-0.15, -0.1) is 0 Å². The molecule has 20 N–H and O–H groups in total. The molecule has 0 aliphatic carbocycles. The Hall–Kier alpha value is -11.2. The number of aromatic hydroxyl groups is 6. The minimum atomic E-state index is -2.40. The van der Waals surface area contributed by atoms with Gasteiger partial charge in [-0.05, 0) is 112 Å². The molecule has 34 heteroatoms. The first-order valence-corrected chi connectivity index (χ1v) is 30.9. The molecule has 7 heterocycles. The van der Waals surface area contributed by atoms with Crippen LogP contribution in [0.3, 0.4) is 0 Å². The number of carbonyl (C=O) groups is 8. The van der Waals surface area contributed by atoms with Crippen molar-refractivity contribution in [3.8, 4) is 80.1 Å². The highest BCUT2D eigenvalue weighted by Crippen LogP contribution is 2.49. The number of hydrogen-bond acceptors (Lipinski definition) is 24. The topological polar surface area (TPSA) is 515 Å². The summed E-state index contributed by atoms with van der Waals surface area (Å²) in [5.41, 5.74) is 3.07. The molecule has 7 amide bonds. The fourth-order valence-corrected chi connectivity index (χ4v) is 12.6. The molecule has 17 bridgehead atoms. The smallest absolute Gasteiger partial charge is 0.330 e. The molecule has 1 fully saturated rings. The van der Waals surface area contributed by atoms with E-state index in [0.29, 0.717) is 0 Å². The summed E-state index contributed by atoms with van der Waals surface area (Å²) in [4.78, 5) is 119. The molecule has 0 saturated carbocycles. The van der Waals surface area contributed by atoms with E-state index >= 15 is 24.0 Å². The molecule has 14 rings (SSSR count). The third kappa shape index (κ3) is 13.3. The molecular formula is C66H58Cl2N8O24. The molecule has 100 heavy (non-hydrogen) atoms. The first-order valence-electron chi connectivity index (χ1n) is 30.1. The van der Waals surface area contributed by atoms with Gasteiger partial charge in [-0.3, -0.25) is 33.6 Å². The van der Waals surface area contributed by atoms with Crippen molar-refractivity contribution in [2.75, 3.05) is 6.61 Å². The number of amides is 7. The Kier molecular flexibility index (Phi) is 18.7. The van der Waals surface area contributed by atoms with E-state index < -0.39 is 224 Å². The van der Waals surface area contributed by atoms with Crippen molar-refractivity contribution < 1.29 is 118 Å². The van der Waals surface area contributed by atoms with Crippen molar-refractivity contribution in [2.45, 2.75) is 92.1 Å². The number of carboxylic acid groups (broad SMARTS) is 1. The third-order valence-electron chi connectivity index (χ3n) is 17.1. The summed E-state index contributed by atoms with van der Waals surface area (Å²) in [6, 6.07) is 2.94. The summed E-state index contributed by atoms with van der Waals surface area (Å²) < 4.78 is 31.0. The van der Waals surface area contributed by atoms with E-state index in [4.69, 9.17) is 52.6 Å². The predicted octanol–water partition coefficient (Wildman–Crippen LogP) is 2.44. The lowest BCUT2D eigenvalue weighted by atomic mass is 9.89. The SMILES string of the molecule is CC(=O)N[C@H]1[C@H](O[C@@H]2c3ccc(c(Cl)c3)Oc3cc4cc(c3O)Oc3ccc(cc3Cl)[C@@H](O)[C@H]3NC(=O)[C@@H](N)c5ccc(O)c(c5)Oc5cc(O)cc(c5)[C@H](NC3=O)C(=O)N[C@H]4C(=O)N[C@@H]3C(=O)N[C@@H]2C(=O)N[C@H](C(=O)O)c2cc(O)cc(O)c2-c2cc3ccc2O)O[C@H](CO)[C@@H](O)[C@@H]1O. The Morgan fingerprint density at radius 2 is 1.09 bits per heavy atom. The number of ether oxygens (including phenoxy) is 5. The number of aliphatic carboxylic acids is 1. The molecule has 7 aliphatic rings. The largest absolute Gasteiger partial charge is 0.508 e. The van der Waals surface area contributed by atoms with Crippen LogP contribution in [0, 0.1) is 0 Å². The molecule has 520 valence electrons. The zero-order valence-corrected chi connectivity index (χ0v) is 52.8. The standard InChI is InChI=1S/C66H58Cl2N8O24/c1-22(78)70-52-57(87)56(86)44(21-77)99-66(52)100-58-26-5-9-40(35(68)14-26)98-43-17-28-16-42(55(43)85)97-39-8-4-25(13-34(39)67)54(84)51-63(92)73-48(27-10-29(79)18-31(11-27)96-41-15-23(2-7-37(41)82)46(69)59(88)75-51)61(90)72-49(28)62(91)71-47-24-3-6-36(81)32(12-24)45-33(19-30(80)20-38(45)83)50(65(94)95)74-64(93)53(58)76-60(47)89/h2-20,44,46-54,56-58,66,77,79-87H,21,69H2,1H3,(H,70,78)(H,71,91)(H,72,90)(H,73,92)(H,74,93)(H,75,88)(H,76,89)(H,94,95)/t44-,46+,47+,48+,49-,50+,51-,52-,53+,54-,56-,57-,58-,66+/m1/s1. The van der Waals surface area contributed by atoms with E-state index in [-0.39, 0.29) is 44.5 Å². The van der Waals surface area contributed by atoms with Crippen LogP contribution >= 0.6 is 23.2 Å². The van der Waals surface area contributed by atoms with Gasteiger partial charge >= 0.3 is 5.97 Å². The second kappa shape index (κ2) is 27.3. The first kappa shape index (κ1) is 68.7. The number of fused-ring (bicyclic) bond motifs is 14. The van der Waals surface area contributed by atoms with Gasteiger partial charge < -0.3 is 123 Å². The lowest BCUT2D eigenvalue weighted by Gasteiger charge is -2.44. The van der Waals surface area contributed by atoms with Crippen LogP contribution in [0.4, 0.5) is 0 Å². The van der Waals surface area contributed by atoms with Crippen LogP contribution in [-0.2, 0) is 47.8 Å². The number of aliphatic hydroxyl groups is 4. The highest BCUT2D eigenvalue weighted by Gasteiger charge is 2.49. The minimum Gasteiger partial charge on any atom is -0.508 e. The number of benzene rings is 7. The maximum absolute atomic E-state index is 16.1. The Morgan fingerprint density at radius 3 is 1.73 bits per heavy atom. The van der Waals surface area contributed by atoms with Gasteiger partial charge in [0.1, 0.15) is 113 Å². The minimum absolute atomic E-state index is 0.00753. The Bertz CT molecular complexity index is 4560. The van der Waals surface area contributed by atoms with Gasteiger partial charge in [-0.1, -0.05) is 47.5 Å². The number of aliphatic hydroxyl groups excluding tert-OH is 4. The van der Waals surface area contributed by atoms with Crippen molar-refractivity contribution in [1.82, 2.24) is 37.2 Å². The molecule has 0 spiro atoms. The van der Waals surface area contributed by atoms with E-state index in [1.165, 1.54) is 24.3 Å². The molecule has 7 aliphatic heterocycles. The van der Waals surface area contributed by atoms with E-state index in [9.17, 15) is 70.6 Å². The quantitative estimate of drug-likeness (QED) is 0.118. The predicted molar refractivity (Wildman–Crippen MR) is 340 cm³/mol. The van der Waals surface area contributed by atoms with Crippen LogP contribution in [0.15, 0.2) is 115 Å². The van der Waals surface area contributed by atoms with Gasteiger partial charge in [0, 0.05) is 35.7 Å². The monoisotopic (exact) mass is 1420 g/mol. The first-order chi connectivity index (χ1) is 47.5. The van der Waals surface area contributed by atoms with Gasteiger partial charge in [0.25, 0.3) is 0 Å². The number of hydrogen-bond donors (Lipinski definition) is 19. The second-order valence-corrected chi connectivity index (χ2v) is 24.5. The number of halogens is 2. The van der Waals surface area contributed by atoms with Crippen molar-refractivity contribution in [3.05, 3.63) is 164 Å². The number of nitrogens with one attached hydrogen (secondary N) is 7. The average Bonchev–Trinajstić information content (AvgIpc) is 0.771. The molecular weight excluding hydrogens is 1360 g/mol. The number of phenolic OH excluding ortho intramolecular Hbond substituents is 6. The van der Waals surface area contributed by atoms with Crippen LogP contribution in [-0.4, -0.2) is 153 Å². The highest BCUT2D eigenvalue weighted by molar-refractivity contribution is 6.32. The van der Waals surface area contributed by atoms with Crippen molar-refractivity contribution in [2.24, 2.45) is 5.73 Å². The molecule has 0 unspecified atom stereocenters. The fraction of sp³-hybridized carbons (Fsp3) is 0.242. The Labute approximate surface area is 572 Å². The molecule has 14 atom stereocenters. The number of nitrogens with two attached hydrogens (primary N) is 1. The van der Waals surface area contributed by atoms with Gasteiger partial charge in [0.15, 0.2) is 35.3 Å². The van der Waals surface area contributed by atoms with E-state index in [2.05, 4.69) is 37.2 Å². The summed E-state index contributed by atoms with van der Waals surface area (Å²) in [5.74, 6) is -18.2. The summed E-state index contributed by atoms with van der Waals surface area (Å²) in [5, 5.41) is 141. The van der Waals surface area contributed by atoms with E-state index in [1.807, 2.05) is 0 Å². The number of carbonyl (C=O) groups excluding carboxylic acids is 7. The molecule has 7 aromatic rings. The highest BCUT2D eigenvalue weighted by atomic mass is 35.5. The van der Waals surface area contributed by atoms with Crippen molar-refractivity contribution >= 4 is 70.5 Å². The van der Waals surface area contributed by atoms with Crippen LogP contribution in [0.25, 0.3) is 11.1 Å². The van der Waals surface area contributed by atoms with Crippen LogP contribution < -0.4 is 57.2 Å². The Balaban J connectivity index is 1.10. The van der Waals surface area contributed by atoms with Gasteiger partial charge in [0.2, 0.25) is 47.1 Å². The van der Waals surface area contributed by atoms with Gasteiger partial charge in [-0.25, -0.2) is 4.79 Å². The van der Waals surface area contributed by atoms with Crippen LogP contribution in [0.2, 0.25) is 10.0 Å². The van der Waals surface area contributed by atoms with Gasteiger partial charge in [0.05, 0.1) is 16.7 Å². The summed E-state index contributed by atoms with van der Waals surface area (Å²) in [6.07, 6.45) is -12.0. The molecule has 7 aromatic carbocycles. The fourth-order valence-electron chi connectivity index (χ4n) is 12.1. The lowest BCUT2D eigenvalue weighted by Crippen LogP contribution is -2.65. The van der Waals surface area contributed by atoms with Crippen molar-refractivity contribution in [3.63, 3.8) is 0 Å². The van der Waals surface area contributed by atoms with Crippen LogP contribution in [0.1, 0.15) is 88.3 Å². The zero-order valence-electron chi connectivity index (χ0n) is 51.3. The molecule has 0 aromatic heterocycles. The molecule has 0 radical (unpaired) electrons. The Morgan fingerprint density at radius 1 is 0.540 bits per heavy atom. The normalized spacial score (nSPS) is 25.8. The van der Waals surface area contributed by atoms with Crippen molar-refractivity contribution in [1.29, 1.82) is 0 Å². The van der Waals surface area contributed by atoms with E-state index in [0.717, 1.165) is 97.9 Å². The summed E-state index contributed by atoms with van der Waals surface area (Å²) in [7, 11) is 0.